The van der Waals surface area contributed by atoms with E-state index in [-0.39, 0.29) is 25.8 Å². The van der Waals surface area contributed by atoms with Gasteiger partial charge in [0.25, 0.3) is 0 Å². The summed E-state index contributed by atoms with van der Waals surface area (Å²) in [6.45, 7) is 3.41. The van der Waals surface area contributed by atoms with Gasteiger partial charge >= 0.3 is 11.9 Å². The quantitative estimate of drug-likeness (QED) is 0.618. The minimum atomic E-state index is -0.835. The zero-order valence-corrected chi connectivity index (χ0v) is 12.9. The number of unbranched alkanes of at least 4 members (excludes halogenated alkanes) is 1. The number of rotatable bonds is 7. The van der Waals surface area contributed by atoms with Crippen LogP contribution in [-0.4, -0.2) is 17.0 Å². The topological polar surface area (TPSA) is 63.6 Å². The molecule has 1 unspecified atom stereocenters. The van der Waals surface area contributed by atoms with Gasteiger partial charge < -0.3 is 9.84 Å². The van der Waals surface area contributed by atoms with Gasteiger partial charge in [0.2, 0.25) is 0 Å². The fourth-order valence-electron chi connectivity index (χ4n) is 2.09. The van der Waals surface area contributed by atoms with Crippen molar-refractivity contribution in [2.24, 2.45) is 0 Å². The van der Waals surface area contributed by atoms with E-state index in [4.69, 9.17) is 9.84 Å². The van der Waals surface area contributed by atoms with Crippen LogP contribution in [-0.2, 0) is 9.59 Å². The average Bonchev–Trinajstić information content (AvgIpc) is 2.34. The minimum absolute atomic E-state index is 0. The number of carbonyl (C=O) groups excluding carboxylic acids is 1. The zero-order valence-electron chi connectivity index (χ0n) is 11.9. The minimum Gasteiger partial charge on any atom is -0.481 e. The van der Waals surface area contributed by atoms with Crippen molar-refractivity contribution in [3.63, 3.8) is 0 Å². The maximum Gasteiger partial charge on any atom is 0.308 e. The molecule has 20 heavy (non-hydrogen) atoms. The maximum atomic E-state index is 11.1. The number of ether oxygens (including phenoxy) is 1. The summed E-state index contributed by atoms with van der Waals surface area (Å²) in [5.74, 6) is -0.874. The molecule has 1 aromatic rings. The Kier molecular flexibility index (Phi) is 8.72. The summed E-state index contributed by atoms with van der Waals surface area (Å²) in [5.41, 5.74) is 0.800. The van der Waals surface area contributed by atoms with Gasteiger partial charge in [0.15, 0.2) is 0 Å². The van der Waals surface area contributed by atoms with Gasteiger partial charge in [-0.25, -0.2) is 0 Å². The number of carboxylic acid groups (broad SMARTS) is 1. The van der Waals surface area contributed by atoms with Crippen molar-refractivity contribution in [1.82, 2.24) is 0 Å². The van der Waals surface area contributed by atoms with Crippen LogP contribution < -0.4 is 4.74 Å². The van der Waals surface area contributed by atoms with Gasteiger partial charge in [-0.05, 0) is 24.0 Å². The van der Waals surface area contributed by atoms with E-state index in [1.807, 2.05) is 12.1 Å². The molecule has 1 N–H and O–H groups in total. The monoisotopic (exact) mass is 298 g/mol. The Bertz CT molecular complexity index is 445. The van der Waals surface area contributed by atoms with E-state index in [1.165, 1.54) is 6.92 Å². The summed E-state index contributed by atoms with van der Waals surface area (Å²) in [4.78, 5) is 22.1. The number of hydrogen-bond donors (Lipinski definition) is 1. The highest BCUT2D eigenvalue weighted by Crippen LogP contribution is 2.32. The van der Waals surface area contributed by atoms with Gasteiger partial charge in [0.1, 0.15) is 5.75 Å². The molecule has 1 rings (SSSR count). The molecule has 0 radical (unpaired) electrons. The summed E-state index contributed by atoms with van der Waals surface area (Å²) in [5, 5.41) is 9.01. The summed E-state index contributed by atoms with van der Waals surface area (Å²) in [7, 11) is 0. The Labute approximate surface area is 126 Å². The molecule has 5 heteroatoms. The number of aliphatic carboxylic acids is 1. The normalized spacial score (nSPS) is 11.3. The summed E-state index contributed by atoms with van der Waals surface area (Å²) in [6, 6.07) is 7.15. The molecule has 0 saturated carbocycles. The van der Waals surface area contributed by atoms with Gasteiger partial charge in [-0.2, -0.15) is 13.5 Å². The Morgan fingerprint density at radius 2 is 1.95 bits per heavy atom. The molecule has 0 heterocycles. The zero-order chi connectivity index (χ0) is 14.3. The molecule has 0 amide bonds. The van der Waals surface area contributed by atoms with Crippen LogP contribution in [0.1, 0.15) is 51.0 Å². The third-order valence-electron chi connectivity index (χ3n) is 2.94. The number of para-hydroxylation sites is 1. The maximum absolute atomic E-state index is 11.1. The van der Waals surface area contributed by atoms with Crippen LogP contribution in [0.15, 0.2) is 24.3 Å². The van der Waals surface area contributed by atoms with Crippen molar-refractivity contribution in [1.29, 1.82) is 0 Å². The van der Waals surface area contributed by atoms with E-state index in [0.717, 1.165) is 24.8 Å². The van der Waals surface area contributed by atoms with Crippen molar-refractivity contribution in [3.05, 3.63) is 29.8 Å². The second-order valence-electron chi connectivity index (χ2n) is 4.57. The molecule has 1 atom stereocenters. The Morgan fingerprint density at radius 1 is 1.30 bits per heavy atom. The number of hydrogen-bond acceptors (Lipinski definition) is 3. The van der Waals surface area contributed by atoms with Crippen molar-refractivity contribution in [2.75, 3.05) is 0 Å². The molecule has 0 aliphatic heterocycles. The largest absolute Gasteiger partial charge is 0.481 e. The predicted molar refractivity (Wildman–Crippen MR) is 82.7 cm³/mol. The van der Waals surface area contributed by atoms with Gasteiger partial charge in [0, 0.05) is 6.92 Å². The molecule has 0 bridgehead atoms. The van der Waals surface area contributed by atoms with Crippen LogP contribution in [0.4, 0.5) is 0 Å². The van der Waals surface area contributed by atoms with E-state index in [9.17, 15) is 9.59 Å². The van der Waals surface area contributed by atoms with Crippen molar-refractivity contribution >= 4 is 25.4 Å². The Hall–Kier alpha value is -1.49. The first-order valence-electron chi connectivity index (χ1n) is 6.53. The van der Waals surface area contributed by atoms with Gasteiger partial charge in [-0.1, -0.05) is 38.0 Å². The summed E-state index contributed by atoms with van der Waals surface area (Å²) >= 11 is 0. The fourth-order valence-corrected chi connectivity index (χ4v) is 2.09. The van der Waals surface area contributed by atoms with Crippen molar-refractivity contribution in [3.8, 4) is 5.75 Å². The molecule has 0 spiro atoms. The first-order chi connectivity index (χ1) is 9.04. The van der Waals surface area contributed by atoms with Crippen LogP contribution in [0, 0.1) is 0 Å². The Balaban J connectivity index is 0.00000361. The number of esters is 1. The van der Waals surface area contributed by atoms with E-state index in [1.54, 1.807) is 12.1 Å². The first-order valence-corrected chi connectivity index (χ1v) is 6.53. The number of benzene rings is 1. The molecule has 0 fully saturated rings. The SMILES string of the molecule is CCCCC(CC(=O)O)c1ccccc1OC(C)=O.S. The molecule has 1 aromatic carbocycles. The van der Waals surface area contributed by atoms with Gasteiger partial charge in [-0.15, -0.1) is 0 Å². The average molecular weight is 298 g/mol. The lowest BCUT2D eigenvalue weighted by molar-refractivity contribution is -0.137. The standard InChI is InChI=1S/C15H20O4.H2S/c1-3-4-7-12(10-15(17)18)13-8-5-6-9-14(13)19-11(2)16;/h5-6,8-9,12H,3-4,7,10H2,1-2H3,(H,17,18);1H2. The molecule has 0 aliphatic rings. The Morgan fingerprint density at radius 3 is 2.50 bits per heavy atom. The third kappa shape index (κ3) is 6.10. The number of carboxylic acids is 1. The van der Waals surface area contributed by atoms with E-state index >= 15 is 0 Å². The highest BCUT2D eigenvalue weighted by molar-refractivity contribution is 7.59. The predicted octanol–water partition coefficient (Wildman–Crippen LogP) is 3.47. The fraction of sp³-hybridized carbons (Fsp3) is 0.467. The first kappa shape index (κ1) is 18.5. The van der Waals surface area contributed by atoms with Crippen LogP contribution >= 0.6 is 13.5 Å². The molecular formula is C15H22O4S. The lowest BCUT2D eigenvalue weighted by Gasteiger charge is -2.18. The lowest BCUT2D eigenvalue weighted by atomic mass is 9.90. The molecular weight excluding hydrogens is 276 g/mol. The van der Waals surface area contributed by atoms with Crippen LogP contribution in [0.25, 0.3) is 0 Å². The smallest absolute Gasteiger partial charge is 0.308 e. The second kappa shape index (κ2) is 9.42. The molecule has 112 valence electrons. The number of carbonyl (C=O) groups is 2. The van der Waals surface area contributed by atoms with Crippen LogP contribution in [0.3, 0.4) is 0 Å². The molecule has 0 saturated heterocycles. The van der Waals surface area contributed by atoms with Crippen molar-refractivity contribution in [2.45, 2.75) is 45.4 Å². The third-order valence-corrected chi connectivity index (χ3v) is 2.94. The van der Waals surface area contributed by atoms with Crippen LogP contribution in [0.2, 0.25) is 0 Å². The summed E-state index contributed by atoms with van der Waals surface area (Å²) < 4.78 is 5.16. The lowest BCUT2D eigenvalue weighted by Crippen LogP contribution is -2.10. The molecule has 0 aliphatic carbocycles. The second-order valence-corrected chi connectivity index (χ2v) is 4.57. The molecule has 0 aromatic heterocycles. The highest BCUT2D eigenvalue weighted by Gasteiger charge is 2.19. The van der Waals surface area contributed by atoms with Gasteiger partial charge in [-0.3, -0.25) is 9.59 Å². The van der Waals surface area contributed by atoms with Gasteiger partial charge in [0.05, 0.1) is 6.42 Å². The van der Waals surface area contributed by atoms with Crippen molar-refractivity contribution < 1.29 is 19.4 Å². The highest BCUT2D eigenvalue weighted by atomic mass is 32.1. The van der Waals surface area contributed by atoms with E-state index in [0.29, 0.717) is 5.75 Å². The van der Waals surface area contributed by atoms with E-state index < -0.39 is 11.9 Å². The summed E-state index contributed by atoms with van der Waals surface area (Å²) in [6.07, 6.45) is 2.79. The van der Waals surface area contributed by atoms with E-state index in [2.05, 4.69) is 6.92 Å². The molecule has 4 nitrogen and oxygen atoms in total. The van der Waals surface area contributed by atoms with Crippen LogP contribution in [0.5, 0.6) is 5.75 Å².